The second kappa shape index (κ2) is 2.30. The van der Waals surface area contributed by atoms with Crippen LogP contribution in [-0.4, -0.2) is 22.2 Å². The van der Waals surface area contributed by atoms with E-state index in [2.05, 4.69) is 0 Å². The summed E-state index contributed by atoms with van der Waals surface area (Å²) in [5.41, 5.74) is -1.37. The van der Waals surface area contributed by atoms with Gasteiger partial charge in [0.2, 0.25) is 0 Å². The van der Waals surface area contributed by atoms with Crippen molar-refractivity contribution in [1.29, 1.82) is 0 Å². The van der Waals surface area contributed by atoms with Crippen LogP contribution < -0.4 is 0 Å². The Morgan fingerprint density at radius 3 is 2.14 bits per heavy atom. The predicted octanol–water partition coefficient (Wildman–Crippen LogP) is 1.21. The molecule has 0 spiro atoms. The summed E-state index contributed by atoms with van der Waals surface area (Å²) in [6.45, 7) is 3.75. The average Bonchev–Trinajstić information content (AvgIpc) is 2.54. The highest BCUT2D eigenvalue weighted by Gasteiger charge is 2.77. The lowest BCUT2D eigenvalue weighted by atomic mass is 9.44. The maximum Gasteiger partial charge on any atom is 0.311 e. The highest BCUT2D eigenvalue weighted by atomic mass is 16.4. The van der Waals surface area contributed by atoms with Crippen molar-refractivity contribution in [3.8, 4) is 0 Å². The Kier molecular flexibility index (Phi) is 1.56. The second-order valence-corrected chi connectivity index (χ2v) is 4.96. The van der Waals surface area contributed by atoms with E-state index in [1.807, 2.05) is 13.8 Å². The summed E-state index contributed by atoms with van der Waals surface area (Å²) in [5, 5.41) is 18.2. The quantitative estimate of drug-likeness (QED) is 0.699. The van der Waals surface area contributed by atoms with Crippen molar-refractivity contribution in [2.24, 2.45) is 22.7 Å². The smallest absolute Gasteiger partial charge is 0.311 e. The lowest BCUT2D eigenvalue weighted by Gasteiger charge is -2.56. The first-order chi connectivity index (χ1) is 6.35. The van der Waals surface area contributed by atoms with Gasteiger partial charge in [-0.15, -0.1) is 0 Å². The van der Waals surface area contributed by atoms with Crippen LogP contribution in [0, 0.1) is 22.7 Å². The van der Waals surface area contributed by atoms with Crippen LogP contribution in [-0.2, 0) is 9.59 Å². The summed E-state index contributed by atoms with van der Waals surface area (Å²) in [6.07, 6.45) is 1.24. The highest BCUT2D eigenvalue weighted by Crippen LogP contribution is 2.74. The molecular formula is C10H14O4. The SMILES string of the molecule is CC1(C)[C@H]2CC[C@]1(C(=O)O)[C@@H]2C(=O)O. The number of fused-ring (bicyclic) bond motifs is 1. The van der Waals surface area contributed by atoms with E-state index in [0.717, 1.165) is 6.42 Å². The molecule has 0 heterocycles. The fraction of sp³-hybridized carbons (Fsp3) is 0.800. The van der Waals surface area contributed by atoms with Crippen LogP contribution in [0.1, 0.15) is 26.7 Å². The molecule has 78 valence electrons. The Balaban J connectivity index is 2.45. The fourth-order valence-electron chi connectivity index (χ4n) is 3.68. The largest absolute Gasteiger partial charge is 0.481 e. The second-order valence-electron chi connectivity index (χ2n) is 4.96. The first-order valence-electron chi connectivity index (χ1n) is 4.82. The molecular weight excluding hydrogens is 184 g/mol. The summed E-state index contributed by atoms with van der Waals surface area (Å²) in [4.78, 5) is 22.2. The Labute approximate surface area is 81.9 Å². The minimum absolute atomic E-state index is 0.0381. The molecule has 0 aromatic rings. The van der Waals surface area contributed by atoms with Gasteiger partial charge in [0, 0.05) is 0 Å². The van der Waals surface area contributed by atoms with Gasteiger partial charge in [-0.3, -0.25) is 9.59 Å². The maximum absolute atomic E-state index is 11.2. The van der Waals surface area contributed by atoms with Crippen LogP contribution in [0.15, 0.2) is 0 Å². The minimum Gasteiger partial charge on any atom is -0.481 e. The van der Waals surface area contributed by atoms with Gasteiger partial charge < -0.3 is 10.2 Å². The van der Waals surface area contributed by atoms with Crippen molar-refractivity contribution in [3.05, 3.63) is 0 Å². The molecule has 0 aromatic carbocycles. The van der Waals surface area contributed by atoms with Crippen molar-refractivity contribution in [1.82, 2.24) is 0 Å². The van der Waals surface area contributed by atoms with Gasteiger partial charge in [0.25, 0.3) is 0 Å². The zero-order valence-electron chi connectivity index (χ0n) is 8.28. The summed E-state index contributed by atoms with van der Waals surface area (Å²) in [5.74, 6) is -2.52. The predicted molar refractivity (Wildman–Crippen MR) is 47.7 cm³/mol. The highest BCUT2D eigenvalue weighted by molar-refractivity contribution is 5.88. The third-order valence-electron chi connectivity index (χ3n) is 4.51. The molecule has 3 fully saturated rings. The lowest BCUT2D eigenvalue weighted by molar-refractivity contribution is -0.200. The molecule has 0 aliphatic heterocycles. The zero-order valence-corrected chi connectivity index (χ0v) is 8.28. The van der Waals surface area contributed by atoms with Crippen LogP contribution in [0.25, 0.3) is 0 Å². The molecule has 4 heteroatoms. The van der Waals surface area contributed by atoms with Crippen LogP contribution in [0.2, 0.25) is 0 Å². The molecule has 0 saturated heterocycles. The van der Waals surface area contributed by atoms with E-state index in [-0.39, 0.29) is 11.3 Å². The molecule has 3 rings (SSSR count). The molecule has 0 aromatic heterocycles. The van der Waals surface area contributed by atoms with Gasteiger partial charge >= 0.3 is 11.9 Å². The van der Waals surface area contributed by atoms with Gasteiger partial charge in [0.05, 0.1) is 11.3 Å². The van der Waals surface area contributed by atoms with E-state index < -0.39 is 23.3 Å². The van der Waals surface area contributed by atoms with Crippen molar-refractivity contribution in [2.45, 2.75) is 26.7 Å². The van der Waals surface area contributed by atoms with Crippen molar-refractivity contribution in [3.63, 3.8) is 0 Å². The van der Waals surface area contributed by atoms with E-state index >= 15 is 0 Å². The number of aliphatic carboxylic acids is 2. The van der Waals surface area contributed by atoms with Crippen LogP contribution >= 0.6 is 0 Å². The number of carbonyl (C=O) groups is 2. The molecule has 0 unspecified atom stereocenters. The minimum atomic E-state index is -1.01. The van der Waals surface area contributed by atoms with Crippen molar-refractivity contribution in [2.75, 3.05) is 0 Å². The first-order valence-corrected chi connectivity index (χ1v) is 4.82. The molecule has 0 radical (unpaired) electrons. The molecule has 2 N–H and O–H groups in total. The average molecular weight is 198 g/mol. The van der Waals surface area contributed by atoms with E-state index in [1.165, 1.54) is 0 Å². The van der Waals surface area contributed by atoms with E-state index in [1.54, 1.807) is 0 Å². The normalized spacial score (nSPS) is 43.0. The molecule has 3 saturated carbocycles. The monoisotopic (exact) mass is 198 g/mol. The number of hydrogen-bond acceptors (Lipinski definition) is 2. The molecule has 14 heavy (non-hydrogen) atoms. The third-order valence-corrected chi connectivity index (χ3v) is 4.51. The summed E-state index contributed by atoms with van der Waals surface area (Å²) in [7, 11) is 0. The summed E-state index contributed by atoms with van der Waals surface area (Å²) < 4.78 is 0. The van der Waals surface area contributed by atoms with Crippen molar-refractivity contribution >= 4 is 11.9 Å². The molecule has 4 nitrogen and oxygen atoms in total. The number of rotatable bonds is 2. The van der Waals surface area contributed by atoms with Crippen LogP contribution in [0.4, 0.5) is 0 Å². The van der Waals surface area contributed by atoms with Gasteiger partial charge in [0.15, 0.2) is 0 Å². The van der Waals surface area contributed by atoms with Gasteiger partial charge in [-0.05, 0) is 24.2 Å². The molecule has 3 atom stereocenters. The lowest BCUT2D eigenvalue weighted by Crippen LogP contribution is -2.63. The molecule has 3 aliphatic carbocycles. The Morgan fingerprint density at radius 2 is 1.86 bits per heavy atom. The van der Waals surface area contributed by atoms with Crippen molar-refractivity contribution < 1.29 is 19.8 Å². The molecule has 2 bridgehead atoms. The number of carboxylic acids is 2. The fourth-order valence-corrected chi connectivity index (χ4v) is 3.68. The van der Waals surface area contributed by atoms with Gasteiger partial charge in [-0.2, -0.15) is 0 Å². The Hall–Kier alpha value is -1.06. The first kappa shape index (κ1) is 9.49. The summed E-state index contributed by atoms with van der Waals surface area (Å²) in [6, 6.07) is 0. The third kappa shape index (κ3) is 0.678. The van der Waals surface area contributed by atoms with E-state index in [9.17, 15) is 14.7 Å². The van der Waals surface area contributed by atoms with Crippen LogP contribution in [0.3, 0.4) is 0 Å². The van der Waals surface area contributed by atoms with E-state index in [4.69, 9.17) is 5.11 Å². The number of hydrogen-bond donors (Lipinski definition) is 2. The number of carboxylic acid groups (broad SMARTS) is 2. The van der Waals surface area contributed by atoms with Gasteiger partial charge in [-0.25, -0.2) is 0 Å². The zero-order chi connectivity index (χ0) is 10.7. The Morgan fingerprint density at radius 1 is 1.29 bits per heavy atom. The molecule has 0 amide bonds. The van der Waals surface area contributed by atoms with Crippen LogP contribution in [0.5, 0.6) is 0 Å². The van der Waals surface area contributed by atoms with E-state index in [0.29, 0.717) is 6.42 Å². The van der Waals surface area contributed by atoms with Gasteiger partial charge in [-0.1, -0.05) is 13.8 Å². The standard InChI is InChI=1S/C10H14O4/c1-9(2)5-3-4-10(9,8(13)14)6(5)7(11)12/h5-6H,3-4H2,1-2H3,(H,11,12)(H,13,14)/t5-,6-,10+/m0/s1. The molecule has 3 aliphatic rings. The van der Waals surface area contributed by atoms with Gasteiger partial charge in [0.1, 0.15) is 0 Å². The Bertz CT molecular complexity index is 320. The summed E-state index contributed by atoms with van der Waals surface area (Å²) >= 11 is 0. The maximum atomic E-state index is 11.2. The topological polar surface area (TPSA) is 74.6 Å².